The molecule has 3 aromatic rings. The maximum Gasteiger partial charge on any atom is 0.343 e. The second-order valence-corrected chi connectivity index (χ2v) is 10.9. The van der Waals surface area contributed by atoms with E-state index in [0.29, 0.717) is 17.7 Å². The normalized spacial score (nSPS) is 12.2. The number of esters is 2. The minimum Gasteiger partial charge on any atom is -0.425 e. The molecule has 0 aliphatic heterocycles. The van der Waals surface area contributed by atoms with Crippen molar-refractivity contribution in [1.29, 1.82) is 5.26 Å². The molecule has 0 spiro atoms. The van der Waals surface area contributed by atoms with Gasteiger partial charge >= 0.3 is 11.9 Å². The summed E-state index contributed by atoms with van der Waals surface area (Å²) in [5.74, 6) is -0.463. The van der Waals surface area contributed by atoms with Gasteiger partial charge in [0.1, 0.15) is 11.5 Å². The van der Waals surface area contributed by atoms with Gasteiger partial charge in [0.2, 0.25) is 0 Å². The molecule has 3 rings (SSSR count). The number of carbonyl (C=O) groups excluding carboxylic acids is 2. The smallest absolute Gasteiger partial charge is 0.343 e. The predicted octanol–water partition coefficient (Wildman–Crippen LogP) is 9.49. The van der Waals surface area contributed by atoms with Crippen molar-refractivity contribution in [1.82, 2.24) is 0 Å². The summed E-state index contributed by atoms with van der Waals surface area (Å²) < 4.78 is 10.8. The molecule has 0 saturated heterocycles. The van der Waals surface area contributed by atoms with Crippen molar-refractivity contribution in [2.24, 2.45) is 5.41 Å². The lowest BCUT2D eigenvalue weighted by molar-refractivity contribution is -0.142. The van der Waals surface area contributed by atoms with Gasteiger partial charge in [-0.25, -0.2) is 9.59 Å². The Morgan fingerprint density at radius 3 is 1.68 bits per heavy atom. The Balaban J connectivity index is 1.45. The minimum atomic E-state index is -1.20. The molecular weight excluding hydrogens is 510 g/mol. The Labute approximate surface area is 245 Å². The number of benzene rings is 3. The van der Waals surface area contributed by atoms with E-state index in [-0.39, 0.29) is 5.75 Å². The van der Waals surface area contributed by atoms with Crippen LogP contribution in [0.25, 0.3) is 11.1 Å². The Bertz CT molecular complexity index is 1270. The van der Waals surface area contributed by atoms with Crippen molar-refractivity contribution in [3.63, 3.8) is 0 Å². The van der Waals surface area contributed by atoms with Crippen LogP contribution in [0.5, 0.6) is 11.5 Å². The van der Waals surface area contributed by atoms with Gasteiger partial charge in [-0.1, -0.05) is 102 Å². The third-order valence-electron chi connectivity index (χ3n) is 7.63. The maximum absolute atomic E-state index is 12.7. The second-order valence-electron chi connectivity index (χ2n) is 10.9. The van der Waals surface area contributed by atoms with Crippen LogP contribution in [0.3, 0.4) is 0 Å². The lowest BCUT2D eigenvalue weighted by Gasteiger charge is -2.17. The van der Waals surface area contributed by atoms with Crippen LogP contribution < -0.4 is 9.47 Å². The number of hydrogen-bond acceptors (Lipinski definition) is 5. The molecule has 1 atom stereocenters. The number of aryl methyl sites for hydroxylation is 1. The molecule has 41 heavy (non-hydrogen) atoms. The van der Waals surface area contributed by atoms with Crippen LogP contribution in [-0.4, -0.2) is 11.9 Å². The monoisotopic (exact) mass is 553 g/mol. The summed E-state index contributed by atoms with van der Waals surface area (Å²) in [5, 5.41) is 9.24. The number of nitriles is 1. The van der Waals surface area contributed by atoms with Crippen molar-refractivity contribution < 1.29 is 19.1 Å². The zero-order valence-corrected chi connectivity index (χ0v) is 24.8. The zero-order valence-electron chi connectivity index (χ0n) is 24.8. The molecule has 1 unspecified atom stereocenters. The Kier molecular flexibility index (Phi) is 12.6. The molecule has 0 amide bonds. The standard InChI is InChI=1S/C36H43NO4/c1-4-6-7-8-9-10-11-12-13-14-28-15-17-29(18-16-28)30-19-21-31(22-20-30)34(38)40-32-23-25-33(26-24-32)41-35(39)36(3,5-2)27-37/h15-26H,4-14H2,1-3H3. The first-order valence-corrected chi connectivity index (χ1v) is 15.0. The molecule has 5 heteroatoms. The van der Waals surface area contributed by atoms with Crippen LogP contribution in [0.2, 0.25) is 0 Å². The third-order valence-corrected chi connectivity index (χ3v) is 7.63. The first-order valence-electron chi connectivity index (χ1n) is 15.0. The third kappa shape index (κ3) is 9.90. The van der Waals surface area contributed by atoms with Crippen LogP contribution in [-0.2, 0) is 11.2 Å². The molecule has 0 saturated carbocycles. The number of hydrogen-bond donors (Lipinski definition) is 0. The summed E-state index contributed by atoms with van der Waals surface area (Å²) in [4.78, 5) is 24.9. The number of rotatable bonds is 16. The summed E-state index contributed by atoms with van der Waals surface area (Å²) in [7, 11) is 0. The summed E-state index contributed by atoms with van der Waals surface area (Å²) in [6, 6.07) is 24.2. The molecule has 0 radical (unpaired) electrons. The van der Waals surface area contributed by atoms with Gasteiger partial charge in [-0.15, -0.1) is 0 Å². The average Bonchev–Trinajstić information content (AvgIpc) is 3.01. The molecule has 5 nitrogen and oxygen atoms in total. The Morgan fingerprint density at radius 2 is 1.17 bits per heavy atom. The lowest BCUT2D eigenvalue weighted by Crippen LogP contribution is -2.29. The molecule has 0 heterocycles. The van der Waals surface area contributed by atoms with E-state index in [1.807, 2.05) is 18.2 Å². The molecule has 0 aliphatic rings. The first-order chi connectivity index (χ1) is 19.9. The van der Waals surface area contributed by atoms with Gasteiger partial charge in [-0.05, 0) is 79.3 Å². The quantitative estimate of drug-likeness (QED) is 0.100. The highest BCUT2D eigenvalue weighted by molar-refractivity contribution is 5.91. The number of nitrogens with zero attached hydrogens (tertiary/aromatic N) is 1. The van der Waals surface area contributed by atoms with E-state index in [9.17, 15) is 14.9 Å². The fourth-order valence-electron chi connectivity index (χ4n) is 4.53. The SMILES string of the molecule is CCCCCCCCCCCc1ccc(-c2ccc(C(=O)Oc3ccc(OC(=O)C(C)(C#N)CC)cc3)cc2)cc1. The number of unbranched alkanes of at least 4 members (excludes halogenated alkanes) is 8. The fraction of sp³-hybridized carbons (Fsp3) is 0.417. The molecule has 0 fully saturated rings. The Hall–Kier alpha value is -3.91. The van der Waals surface area contributed by atoms with Crippen molar-refractivity contribution in [2.45, 2.75) is 91.4 Å². The maximum atomic E-state index is 12.7. The van der Waals surface area contributed by atoms with Crippen molar-refractivity contribution in [2.75, 3.05) is 0 Å². The van der Waals surface area contributed by atoms with Gasteiger partial charge in [0.15, 0.2) is 5.41 Å². The number of ether oxygens (including phenoxy) is 2. The van der Waals surface area contributed by atoms with E-state index in [2.05, 4.69) is 31.2 Å². The van der Waals surface area contributed by atoms with E-state index < -0.39 is 17.4 Å². The van der Waals surface area contributed by atoms with Gasteiger partial charge in [0, 0.05) is 0 Å². The van der Waals surface area contributed by atoms with Crippen molar-refractivity contribution >= 4 is 11.9 Å². The van der Waals surface area contributed by atoms with E-state index in [0.717, 1.165) is 17.5 Å². The van der Waals surface area contributed by atoms with Gasteiger partial charge in [-0.2, -0.15) is 5.26 Å². The molecule has 0 aromatic heterocycles. The molecule has 0 N–H and O–H groups in total. The molecule has 0 aliphatic carbocycles. The van der Waals surface area contributed by atoms with Crippen LogP contribution in [0.1, 0.15) is 101 Å². The summed E-state index contributed by atoms with van der Waals surface area (Å²) in [6.07, 6.45) is 13.5. The number of carbonyl (C=O) groups is 2. The van der Waals surface area contributed by atoms with E-state index in [1.54, 1.807) is 38.1 Å². The van der Waals surface area contributed by atoms with Crippen LogP contribution in [0, 0.1) is 16.7 Å². The fourth-order valence-corrected chi connectivity index (χ4v) is 4.53. The van der Waals surface area contributed by atoms with Crippen molar-refractivity contribution in [3.05, 3.63) is 83.9 Å². The van der Waals surface area contributed by atoms with E-state index in [4.69, 9.17) is 9.47 Å². The average molecular weight is 554 g/mol. The molecule has 0 bridgehead atoms. The second kappa shape index (κ2) is 16.4. The minimum absolute atomic E-state index is 0.285. The van der Waals surface area contributed by atoms with E-state index >= 15 is 0 Å². The first kappa shape index (κ1) is 31.6. The van der Waals surface area contributed by atoms with Gasteiger partial charge in [0.25, 0.3) is 0 Å². The van der Waals surface area contributed by atoms with Gasteiger partial charge in [-0.3, -0.25) is 0 Å². The zero-order chi connectivity index (χ0) is 29.5. The molecular formula is C36H43NO4. The summed E-state index contributed by atoms with van der Waals surface area (Å²) >= 11 is 0. The highest BCUT2D eigenvalue weighted by Gasteiger charge is 2.33. The lowest BCUT2D eigenvalue weighted by atomic mass is 9.90. The summed E-state index contributed by atoms with van der Waals surface area (Å²) in [5.41, 5.74) is 2.76. The van der Waals surface area contributed by atoms with Gasteiger partial charge < -0.3 is 9.47 Å². The van der Waals surface area contributed by atoms with Crippen LogP contribution >= 0.6 is 0 Å². The summed E-state index contributed by atoms with van der Waals surface area (Å²) in [6.45, 7) is 5.57. The van der Waals surface area contributed by atoms with E-state index in [1.165, 1.54) is 75.5 Å². The molecule has 216 valence electrons. The van der Waals surface area contributed by atoms with Gasteiger partial charge in [0.05, 0.1) is 11.6 Å². The van der Waals surface area contributed by atoms with Crippen LogP contribution in [0.15, 0.2) is 72.8 Å². The topological polar surface area (TPSA) is 76.4 Å². The van der Waals surface area contributed by atoms with Crippen molar-refractivity contribution in [3.8, 4) is 28.7 Å². The highest BCUT2D eigenvalue weighted by atomic mass is 16.5. The highest BCUT2D eigenvalue weighted by Crippen LogP contribution is 2.26. The predicted molar refractivity (Wildman–Crippen MR) is 164 cm³/mol. The Morgan fingerprint density at radius 1 is 0.683 bits per heavy atom. The van der Waals surface area contributed by atoms with Crippen LogP contribution in [0.4, 0.5) is 0 Å². The largest absolute Gasteiger partial charge is 0.425 e. The molecule has 3 aromatic carbocycles.